The average Bonchev–Trinajstić information content (AvgIpc) is 2.46. The van der Waals surface area contributed by atoms with Gasteiger partial charge in [0, 0.05) is 17.1 Å². The number of methoxy groups -OCH3 is 1. The van der Waals surface area contributed by atoms with Crippen LogP contribution in [0.15, 0.2) is 42.5 Å². The molecule has 0 spiro atoms. The van der Waals surface area contributed by atoms with Crippen LogP contribution in [0.5, 0.6) is 5.75 Å². The van der Waals surface area contributed by atoms with E-state index < -0.39 is 0 Å². The van der Waals surface area contributed by atoms with Gasteiger partial charge in [0.1, 0.15) is 5.75 Å². The van der Waals surface area contributed by atoms with Crippen LogP contribution in [0.3, 0.4) is 0 Å². The van der Waals surface area contributed by atoms with Crippen molar-refractivity contribution in [2.45, 2.75) is 12.5 Å². The predicted molar refractivity (Wildman–Crippen MR) is 78.0 cm³/mol. The number of hydrogen-bond acceptors (Lipinski definition) is 2. The first-order valence-electron chi connectivity index (χ1n) is 6.44. The Morgan fingerprint density at radius 1 is 1.21 bits per heavy atom. The fraction of sp³-hybridized carbons (Fsp3) is 0.250. The number of benzene rings is 2. The molecular weight excluding hydrogens is 258 g/mol. The number of fused-ring (bicyclic) bond motifs is 1. The van der Waals surface area contributed by atoms with E-state index >= 15 is 0 Å². The van der Waals surface area contributed by atoms with Crippen molar-refractivity contribution in [1.29, 1.82) is 0 Å². The minimum Gasteiger partial charge on any atom is -0.496 e. The summed E-state index contributed by atoms with van der Waals surface area (Å²) in [6.45, 7) is 0.949. The van der Waals surface area contributed by atoms with Gasteiger partial charge in [-0.05, 0) is 35.7 Å². The van der Waals surface area contributed by atoms with Gasteiger partial charge in [-0.25, -0.2) is 0 Å². The highest BCUT2D eigenvalue weighted by molar-refractivity contribution is 6.30. The van der Waals surface area contributed by atoms with Gasteiger partial charge in [-0.2, -0.15) is 0 Å². The molecule has 98 valence electrons. The van der Waals surface area contributed by atoms with E-state index in [0.717, 1.165) is 23.7 Å². The van der Waals surface area contributed by atoms with Crippen LogP contribution in [0.1, 0.15) is 22.7 Å². The molecule has 0 saturated carbocycles. The van der Waals surface area contributed by atoms with Crippen molar-refractivity contribution in [1.82, 2.24) is 5.32 Å². The third-order valence-corrected chi connectivity index (χ3v) is 3.84. The molecule has 19 heavy (non-hydrogen) atoms. The zero-order chi connectivity index (χ0) is 13.2. The first-order valence-corrected chi connectivity index (χ1v) is 6.82. The van der Waals surface area contributed by atoms with Crippen LogP contribution >= 0.6 is 11.6 Å². The lowest BCUT2D eigenvalue weighted by atomic mass is 9.89. The summed E-state index contributed by atoms with van der Waals surface area (Å²) in [5.74, 6) is 0.978. The van der Waals surface area contributed by atoms with Gasteiger partial charge in [-0.3, -0.25) is 0 Å². The lowest BCUT2D eigenvalue weighted by molar-refractivity contribution is 0.404. The highest BCUT2D eigenvalue weighted by Gasteiger charge is 2.23. The Morgan fingerprint density at radius 3 is 2.84 bits per heavy atom. The van der Waals surface area contributed by atoms with E-state index in [9.17, 15) is 0 Å². The highest BCUT2D eigenvalue weighted by Crippen LogP contribution is 2.34. The van der Waals surface area contributed by atoms with Gasteiger partial charge in [-0.1, -0.05) is 35.9 Å². The summed E-state index contributed by atoms with van der Waals surface area (Å²) in [6.07, 6.45) is 0.996. The normalized spacial score (nSPS) is 17.9. The topological polar surface area (TPSA) is 21.3 Å². The van der Waals surface area contributed by atoms with Gasteiger partial charge < -0.3 is 10.1 Å². The van der Waals surface area contributed by atoms with Crippen molar-refractivity contribution < 1.29 is 4.74 Å². The van der Waals surface area contributed by atoms with Crippen LogP contribution in [-0.2, 0) is 6.42 Å². The fourth-order valence-electron chi connectivity index (χ4n) is 2.75. The second-order valence-electron chi connectivity index (χ2n) is 4.72. The molecule has 0 saturated heterocycles. The number of ether oxygens (including phenoxy) is 1. The molecule has 1 aliphatic rings. The molecule has 2 aromatic carbocycles. The van der Waals surface area contributed by atoms with Crippen LogP contribution in [0.4, 0.5) is 0 Å². The molecule has 0 radical (unpaired) electrons. The van der Waals surface area contributed by atoms with Crippen LogP contribution < -0.4 is 10.1 Å². The van der Waals surface area contributed by atoms with Gasteiger partial charge in [0.25, 0.3) is 0 Å². The Morgan fingerprint density at radius 2 is 2.05 bits per heavy atom. The van der Waals surface area contributed by atoms with Crippen LogP contribution in [-0.4, -0.2) is 13.7 Å². The second kappa shape index (κ2) is 5.24. The molecule has 0 aliphatic carbocycles. The molecule has 2 nitrogen and oxygen atoms in total. The highest BCUT2D eigenvalue weighted by atomic mass is 35.5. The van der Waals surface area contributed by atoms with Crippen molar-refractivity contribution in [2.24, 2.45) is 0 Å². The Labute approximate surface area is 118 Å². The third-order valence-electron chi connectivity index (χ3n) is 3.61. The van der Waals surface area contributed by atoms with E-state index in [0.29, 0.717) is 0 Å². The number of halogens is 1. The molecule has 0 aromatic heterocycles. The summed E-state index contributed by atoms with van der Waals surface area (Å²) < 4.78 is 5.47. The zero-order valence-corrected chi connectivity index (χ0v) is 11.6. The molecule has 2 aromatic rings. The lowest BCUT2D eigenvalue weighted by Crippen LogP contribution is -2.30. The summed E-state index contributed by atoms with van der Waals surface area (Å²) in [5, 5.41) is 4.33. The van der Waals surface area contributed by atoms with Crippen molar-refractivity contribution in [3.63, 3.8) is 0 Å². The van der Waals surface area contributed by atoms with E-state index in [1.54, 1.807) is 7.11 Å². The minimum absolute atomic E-state index is 0.192. The Kier molecular flexibility index (Phi) is 3.45. The molecule has 1 unspecified atom stereocenters. The monoisotopic (exact) mass is 273 g/mol. The largest absolute Gasteiger partial charge is 0.496 e. The van der Waals surface area contributed by atoms with Gasteiger partial charge in [0.2, 0.25) is 0 Å². The summed E-state index contributed by atoms with van der Waals surface area (Å²) in [5.41, 5.74) is 3.78. The summed E-state index contributed by atoms with van der Waals surface area (Å²) in [6, 6.07) is 14.5. The van der Waals surface area contributed by atoms with Gasteiger partial charge in [0.05, 0.1) is 13.2 Å². The number of rotatable bonds is 2. The molecule has 3 rings (SSSR count). The molecule has 1 atom stereocenters. The molecule has 1 aliphatic heterocycles. The zero-order valence-electron chi connectivity index (χ0n) is 10.8. The van der Waals surface area contributed by atoms with Crippen molar-refractivity contribution in [3.05, 3.63) is 64.2 Å². The van der Waals surface area contributed by atoms with E-state index in [-0.39, 0.29) is 6.04 Å². The van der Waals surface area contributed by atoms with Gasteiger partial charge in [0.15, 0.2) is 0 Å². The first kappa shape index (κ1) is 12.5. The maximum Gasteiger partial charge on any atom is 0.122 e. The second-order valence-corrected chi connectivity index (χ2v) is 5.16. The predicted octanol–water partition coefficient (Wildman–Crippen LogP) is 3.58. The molecule has 0 fully saturated rings. The third kappa shape index (κ3) is 2.34. The molecule has 0 bridgehead atoms. The van der Waals surface area contributed by atoms with E-state index in [4.69, 9.17) is 16.3 Å². The Hall–Kier alpha value is -1.51. The van der Waals surface area contributed by atoms with Crippen LogP contribution in [0.25, 0.3) is 0 Å². The lowest BCUT2D eigenvalue weighted by Gasteiger charge is -2.28. The Balaban J connectivity index is 2.08. The summed E-state index contributed by atoms with van der Waals surface area (Å²) in [7, 11) is 1.73. The summed E-state index contributed by atoms with van der Waals surface area (Å²) >= 11 is 6.10. The van der Waals surface area contributed by atoms with Gasteiger partial charge in [-0.15, -0.1) is 0 Å². The molecule has 3 heteroatoms. The first-order chi connectivity index (χ1) is 9.29. The maximum absolute atomic E-state index is 6.10. The molecule has 1 N–H and O–H groups in total. The van der Waals surface area contributed by atoms with Crippen molar-refractivity contribution in [2.75, 3.05) is 13.7 Å². The molecular formula is C16H16ClNO. The van der Waals surface area contributed by atoms with Crippen molar-refractivity contribution >= 4 is 11.6 Å². The van der Waals surface area contributed by atoms with Crippen molar-refractivity contribution in [3.8, 4) is 5.75 Å². The molecule has 1 heterocycles. The minimum atomic E-state index is 0.192. The van der Waals surface area contributed by atoms with E-state index in [1.807, 2.05) is 30.3 Å². The smallest absolute Gasteiger partial charge is 0.122 e. The summed E-state index contributed by atoms with van der Waals surface area (Å²) in [4.78, 5) is 0. The standard InChI is InChI=1S/C16H16ClNO/c1-19-15-7-3-6-14-13(15)8-9-18-16(14)11-4-2-5-12(17)10-11/h2-7,10,16,18H,8-9H2,1H3. The quantitative estimate of drug-likeness (QED) is 0.903. The van der Waals surface area contributed by atoms with Gasteiger partial charge >= 0.3 is 0 Å². The maximum atomic E-state index is 6.10. The van der Waals surface area contributed by atoms with Crippen LogP contribution in [0, 0.1) is 0 Å². The van der Waals surface area contributed by atoms with Crippen LogP contribution in [0.2, 0.25) is 5.02 Å². The van der Waals surface area contributed by atoms with E-state index in [1.165, 1.54) is 16.7 Å². The van der Waals surface area contributed by atoms with E-state index in [2.05, 4.69) is 17.4 Å². The fourth-order valence-corrected chi connectivity index (χ4v) is 2.95. The number of nitrogens with one attached hydrogen (secondary N) is 1. The number of hydrogen-bond donors (Lipinski definition) is 1. The SMILES string of the molecule is COc1cccc2c1CCNC2c1cccc(Cl)c1. The molecule has 0 amide bonds. The average molecular weight is 274 g/mol. The Bertz CT molecular complexity index is 597.